The van der Waals surface area contributed by atoms with Crippen molar-refractivity contribution in [3.8, 4) is 0 Å². The first-order valence-electron chi connectivity index (χ1n) is 6.76. The van der Waals surface area contributed by atoms with Gasteiger partial charge in [-0.2, -0.15) is 5.10 Å². The van der Waals surface area contributed by atoms with Crippen LogP contribution in [0.25, 0.3) is 0 Å². The van der Waals surface area contributed by atoms with Crippen LogP contribution >= 0.6 is 0 Å². The zero-order chi connectivity index (χ0) is 12.8. The van der Waals surface area contributed by atoms with E-state index in [0.717, 1.165) is 0 Å². The van der Waals surface area contributed by atoms with E-state index in [9.17, 15) is 4.79 Å². The number of hydrogen-bond acceptors (Lipinski definition) is 3. The Morgan fingerprint density at radius 3 is 2.89 bits per heavy atom. The van der Waals surface area contributed by atoms with Gasteiger partial charge in [0.2, 0.25) is 5.91 Å². The number of rotatable bonds is 6. The third kappa shape index (κ3) is 3.57. The number of hydrogen-bond donors (Lipinski definition) is 2. The number of amides is 1. The van der Waals surface area contributed by atoms with Gasteiger partial charge in [-0.1, -0.05) is 12.8 Å². The molecule has 100 valence electrons. The predicted molar refractivity (Wildman–Crippen MR) is 69.8 cm³/mol. The van der Waals surface area contributed by atoms with E-state index in [2.05, 4.69) is 10.4 Å². The first-order valence-corrected chi connectivity index (χ1v) is 6.76. The minimum atomic E-state index is 0.0767. The lowest BCUT2D eigenvalue weighted by molar-refractivity contribution is -0.122. The van der Waals surface area contributed by atoms with E-state index in [1.54, 1.807) is 10.9 Å². The van der Waals surface area contributed by atoms with Crippen molar-refractivity contribution in [1.82, 2.24) is 15.1 Å². The number of aromatic nitrogens is 2. The normalized spacial score (nSPS) is 17.8. The summed E-state index contributed by atoms with van der Waals surface area (Å²) in [4.78, 5) is 11.9. The van der Waals surface area contributed by atoms with Crippen molar-refractivity contribution in [1.29, 1.82) is 0 Å². The molecule has 1 atom stereocenters. The van der Waals surface area contributed by atoms with Crippen LogP contribution in [0.1, 0.15) is 32.1 Å². The molecule has 0 saturated heterocycles. The Hall–Kier alpha value is -1.36. The van der Waals surface area contributed by atoms with Gasteiger partial charge in [0.05, 0.1) is 0 Å². The molecule has 5 heteroatoms. The second kappa shape index (κ2) is 6.54. The number of carbonyl (C=O) groups is 1. The van der Waals surface area contributed by atoms with Gasteiger partial charge >= 0.3 is 0 Å². The zero-order valence-corrected chi connectivity index (χ0v) is 10.7. The zero-order valence-electron chi connectivity index (χ0n) is 10.7. The third-order valence-electron chi connectivity index (χ3n) is 3.70. The van der Waals surface area contributed by atoms with E-state index in [1.165, 1.54) is 25.7 Å². The van der Waals surface area contributed by atoms with Crippen LogP contribution in [0.2, 0.25) is 0 Å². The Morgan fingerprint density at radius 1 is 1.50 bits per heavy atom. The summed E-state index contributed by atoms with van der Waals surface area (Å²) in [7, 11) is 0. The highest BCUT2D eigenvalue weighted by Crippen LogP contribution is 2.27. The first-order chi connectivity index (χ1) is 8.79. The van der Waals surface area contributed by atoms with Gasteiger partial charge in [-0.3, -0.25) is 9.48 Å². The second-order valence-electron chi connectivity index (χ2n) is 4.97. The van der Waals surface area contributed by atoms with Gasteiger partial charge in [-0.25, -0.2) is 0 Å². The Labute approximate surface area is 108 Å². The van der Waals surface area contributed by atoms with Gasteiger partial charge in [0.1, 0.15) is 0 Å². The molecule has 18 heavy (non-hydrogen) atoms. The van der Waals surface area contributed by atoms with Crippen LogP contribution in [0, 0.1) is 5.92 Å². The summed E-state index contributed by atoms with van der Waals surface area (Å²) >= 11 is 0. The summed E-state index contributed by atoms with van der Waals surface area (Å²) < 4.78 is 1.77. The maximum absolute atomic E-state index is 11.9. The van der Waals surface area contributed by atoms with Crippen LogP contribution in [0.15, 0.2) is 18.5 Å². The second-order valence-corrected chi connectivity index (χ2v) is 4.97. The SMILES string of the molecule is NCC(NC(=O)CCn1cccn1)C1CCCC1. The molecule has 1 heterocycles. The summed E-state index contributed by atoms with van der Waals surface area (Å²) in [6.07, 6.45) is 8.98. The molecular weight excluding hydrogens is 228 g/mol. The fraction of sp³-hybridized carbons (Fsp3) is 0.692. The van der Waals surface area contributed by atoms with E-state index in [1.807, 2.05) is 12.3 Å². The maximum atomic E-state index is 11.9. The molecule has 5 nitrogen and oxygen atoms in total. The molecule has 1 unspecified atom stereocenters. The summed E-state index contributed by atoms with van der Waals surface area (Å²) in [6.45, 7) is 1.17. The molecule has 1 fully saturated rings. The van der Waals surface area contributed by atoms with Crippen molar-refractivity contribution >= 4 is 5.91 Å². The van der Waals surface area contributed by atoms with E-state index in [0.29, 0.717) is 25.4 Å². The molecule has 2 rings (SSSR count). The quantitative estimate of drug-likeness (QED) is 0.788. The van der Waals surface area contributed by atoms with Crippen LogP contribution in [0.4, 0.5) is 0 Å². The van der Waals surface area contributed by atoms with Crippen molar-refractivity contribution in [3.63, 3.8) is 0 Å². The predicted octanol–water partition coefficient (Wildman–Crippen LogP) is 0.907. The van der Waals surface area contributed by atoms with Crippen LogP contribution in [-0.2, 0) is 11.3 Å². The lowest BCUT2D eigenvalue weighted by atomic mass is 9.98. The van der Waals surface area contributed by atoms with Crippen molar-refractivity contribution in [3.05, 3.63) is 18.5 Å². The average molecular weight is 250 g/mol. The highest BCUT2D eigenvalue weighted by Gasteiger charge is 2.24. The largest absolute Gasteiger partial charge is 0.352 e. The molecule has 3 N–H and O–H groups in total. The van der Waals surface area contributed by atoms with Gasteiger partial charge < -0.3 is 11.1 Å². The van der Waals surface area contributed by atoms with Gasteiger partial charge in [-0.05, 0) is 24.8 Å². The van der Waals surface area contributed by atoms with Crippen LogP contribution in [0.3, 0.4) is 0 Å². The molecule has 1 aromatic heterocycles. The average Bonchev–Trinajstić information content (AvgIpc) is 3.05. The summed E-state index contributed by atoms with van der Waals surface area (Å²) in [5.41, 5.74) is 5.76. The Bertz CT molecular complexity index is 357. The van der Waals surface area contributed by atoms with Crippen LogP contribution in [0.5, 0.6) is 0 Å². The molecule has 1 saturated carbocycles. The number of nitrogens with one attached hydrogen (secondary N) is 1. The lowest BCUT2D eigenvalue weighted by Gasteiger charge is -2.23. The first kappa shape index (κ1) is 13.1. The molecule has 0 aromatic carbocycles. The highest BCUT2D eigenvalue weighted by atomic mass is 16.1. The Kier molecular flexibility index (Phi) is 4.75. The maximum Gasteiger partial charge on any atom is 0.222 e. The molecule has 0 bridgehead atoms. The topological polar surface area (TPSA) is 72.9 Å². The van der Waals surface area contributed by atoms with Crippen molar-refractivity contribution in [2.45, 2.75) is 44.7 Å². The van der Waals surface area contributed by atoms with E-state index >= 15 is 0 Å². The lowest BCUT2D eigenvalue weighted by Crippen LogP contribution is -2.44. The molecule has 1 aliphatic carbocycles. The minimum absolute atomic E-state index is 0.0767. The number of nitrogens with zero attached hydrogens (tertiary/aromatic N) is 2. The smallest absolute Gasteiger partial charge is 0.222 e. The number of aryl methyl sites for hydroxylation is 1. The molecular formula is C13H22N4O. The monoisotopic (exact) mass is 250 g/mol. The Balaban J connectivity index is 1.74. The molecule has 0 aliphatic heterocycles. The standard InChI is InChI=1S/C13H22N4O/c14-10-12(11-4-1-2-5-11)16-13(18)6-9-17-8-3-7-15-17/h3,7-8,11-12H,1-2,4-6,9-10,14H2,(H,16,18). The highest BCUT2D eigenvalue weighted by molar-refractivity contribution is 5.76. The van der Waals surface area contributed by atoms with E-state index in [4.69, 9.17) is 5.73 Å². The number of nitrogens with two attached hydrogens (primary N) is 1. The molecule has 1 aromatic rings. The van der Waals surface area contributed by atoms with Crippen LogP contribution < -0.4 is 11.1 Å². The minimum Gasteiger partial charge on any atom is -0.352 e. The molecule has 0 spiro atoms. The number of carbonyl (C=O) groups excluding carboxylic acids is 1. The summed E-state index contributed by atoms with van der Waals surface area (Å²) in [5, 5.41) is 7.14. The van der Waals surface area contributed by atoms with Crippen molar-refractivity contribution < 1.29 is 4.79 Å². The summed E-state index contributed by atoms with van der Waals surface area (Å²) in [5.74, 6) is 0.650. The Morgan fingerprint density at radius 2 is 2.28 bits per heavy atom. The van der Waals surface area contributed by atoms with Gasteiger partial charge in [0, 0.05) is 37.9 Å². The molecule has 0 radical (unpaired) electrons. The molecule has 1 aliphatic rings. The van der Waals surface area contributed by atoms with Gasteiger partial charge in [0.15, 0.2) is 0 Å². The fourth-order valence-corrected chi connectivity index (χ4v) is 2.66. The van der Waals surface area contributed by atoms with E-state index < -0.39 is 0 Å². The summed E-state index contributed by atoms with van der Waals surface area (Å²) in [6, 6.07) is 2.01. The van der Waals surface area contributed by atoms with Gasteiger partial charge in [-0.15, -0.1) is 0 Å². The van der Waals surface area contributed by atoms with E-state index in [-0.39, 0.29) is 11.9 Å². The fourth-order valence-electron chi connectivity index (χ4n) is 2.66. The van der Waals surface area contributed by atoms with Crippen molar-refractivity contribution in [2.24, 2.45) is 11.7 Å². The van der Waals surface area contributed by atoms with Crippen LogP contribution in [-0.4, -0.2) is 28.3 Å². The third-order valence-corrected chi connectivity index (χ3v) is 3.70. The van der Waals surface area contributed by atoms with Crippen molar-refractivity contribution in [2.75, 3.05) is 6.54 Å². The molecule has 1 amide bonds. The van der Waals surface area contributed by atoms with Gasteiger partial charge in [0.25, 0.3) is 0 Å².